The number of rotatable bonds is 8. The zero-order chi connectivity index (χ0) is 24.7. The number of nitrogens with one attached hydrogen (secondary N) is 1. The second-order valence-electron chi connectivity index (χ2n) is 9.06. The molecule has 2 atom stereocenters. The first kappa shape index (κ1) is 24.9. The van der Waals surface area contributed by atoms with E-state index in [4.69, 9.17) is 7.98 Å². The highest BCUT2D eigenvalue weighted by atomic mass is 32.2. The molecule has 2 fully saturated rings. The van der Waals surface area contributed by atoms with Crippen molar-refractivity contribution in [1.82, 2.24) is 24.9 Å². The van der Waals surface area contributed by atoms with Crippen LogP contribution in [0.3, 0.4) is 0 Å². The Balaban J connectivity index is 1.26. The van der Waals surface area contributed by atoms with Gasteiger partial charge in [-0.15, -0.1) is 10.2 Å². The number of allylic oxidation sites excluding steroid dienone is 1. The predicted molar refractivity (Wildman–Crippen MR) is 123 cm³/mol. The molecule has 1 saturated carbocycles. The fourth-order valence-corrected chi connectivity index (χ4v) is 5.57. The number of aliphatic hydroxyl groups is 1. The molecular weight excluding hydrogens is 469 g/mol. The number of aliphatic hydroxyl groups excluding tert-OH is 1. The minimum atomic E-state index is -4.53. The van der Waals surface area contributed by atoms with Crippen LogP contribution in [0.25, 0.3) is 5.76 Å². The van der Waals surface area contributed by atoms with Crippen LogP contribution in [0, 0.1) is 11.2 Å². The zero-order valence-electron chi connectivity index (χ0n) is 19.0. The average Bonchev–Trinajstić information content (AvgIpc) is 3.12. The molecule has 34 heavy (non-hydrogen) atoms. The van der Waals surface area contributed by atoms with Crippen LogP contribution in [0.15, 0.2) is 29.1 Å². The summed E-state index contributed by atoms with van der Waals surface area (Å²) in [4.78, 5) is 2.34. The number of nitrogens with zero attached hydrogens (tertiary/aromatic N) is 4. The molecular formula is C22H26BF4N5OS. The fraction of sp³-hybridized carbons (Fsp3) is 0.545. The summed E-state index contributed by atoms with van der Waals surface area (Å²) in [5.74, 6) is 0.307. The van der Waals surface area contributed by atoms with Gasteiger partial charge in [-0.3, -0.25) is 0 Å². The van der Waals surface area contributed by atoms with Gasteiger partial charge in [0.2, 0.25) is 13.8 Å². The number of hydrogen-bond acceptors (Lipinski definition) is 6. The first-order valence-electron chi connectivity index (χ1n) is 11.0. The number of thioether (sulfide) groups is 1. The Labute approximate surface area is 201 Å². The number of likely N-dealkylation sites (tertiary alicyclic amines) is 1. The molecule has 4 rings (SSSR count). The highest BCUT2D eigenvalue weighted by molar-refractivity contribution is 7.99. The van der Waals surface area contributed by atoms with Gasteiger partial charge in [0, 0.05) is 25.0 Å². The molecule has 2 aromatic rings. The summed E-state index contributed by atoms with van der Waals surface area (Å²) in [5.41, 5.74) is -0.169. The Kier molecular flexibility index (Phi) is 6.92. The third-order valence-corrected chi connectivity index (χ3v) is 7.93. The summed E-state index contributed by atoms with van der Waals surface area (Å²) < 4.78 is 54.6. The van der Waals surface area contributed by atoms with E-state index in [9.17, 15) is 22.7 Å². The van der Waals surface area contributed by atoms with Crippen molar-refractivity contribution in [3.8, 4) is 0 Å². The van der Waals surface area contributed by atoms with Crippen LogP contribution >= 0.6 is 11.8 Å². The maximum Gasteiger partial charge on any atom is 0.416 e. The maximum atomic E-state index is 14.4. The molecule has 182 valence electrons. The fourth-order valence-electron chi connectivity index (χ4n) is 4.73. The molecule has 1 aromatic carbocycles. The van der Waals surface area contributed by atoms with Gasteiger partial charge < -0.3 is 19.8 Å². The molecule has 1 saturated heterocycles. The van der Waals surface area contributed by atoms with Crippen LogP contribution in [-0.4, -0.2) is 58.1 Å². The number of halogens is 4. The van der Waals surface area contributed by atoms with Crippen molar-refractivity contribution in [3.63, 3.8) is 0 Å². The summed E-state index contributed by atoms with van der Waals surface area (Å²) >= 11 is 1.54. The van der Waals surface area contributed by atoms with Gasteiger partial charge in [-0.25, -0.2) is 4.39 Å². The lowest BCUT2D eigenvalue weighted by molar-refractivity contribution is -0.137. The first-order chi connectivity index (χ1) is 16.1. The van der Waals surface area contributed by atoms with Crippen LogP contribution < -0.4 is 5.23 Å². The largest absolute Gasteiger partial charge is 0.503 e. The van der Waals surface area contributed by atoms with Crippen molar-refractivity contribution in [3.05, 3.63) is 46.7 Å². The maximum absolute atomic E-state index is 14.4. The molecule has 12 heteroatoms. The Bertz CT molecular complexity index is 1090. The Morgan fingerprint density at radius 2 is 2.12 bits per heavy atom. The molecule has 2 unspecified atom stereocenters. The van der Waals surface area contributed by atoms with Crippen molar-refractivity contribution in [2.24, 2.45) is 12.5 Å². The molecule has 2 radical (unpaired) electrons. The topological polar surface area (TPSA) is 66.2 Å². The van der Waals surface area contributed by atoms with Gasteiger partial charge >= 0.3 is 6.18 Å². The van der Waals surface area contributed by atoms with Gasteiger partial charge in [-0.05, 0) is 68.3 Å². The highest BCUT2D eigenvalue weighted by Gasteiger charge is 2.58. The third-order valence-electron chi connectivity index (χ3n) is 6.83. The minimum absolute atomic E-state index is 0.0154. The van der Waals surface area contributed by atoms with Crippen molar-refractivity contribution >= 4 is 25.5 Å². The highest BCUT2D eigenvalue weighted by Crippen LogP contribution is 2.64. The van der Waals surface area contributed by atoms with Crippen molar-refractivity contribution < 1.29 is 22.7 Å². The van der Waals surface area contributed by atoms with Gasteiger partial charge in [0.05, 0.1) is 5.56 Å². The van der Waals surface area contributed by atoms with Crippen molar-refractivity contribution in [2.75, 3.05) is 25.4 Å². The quantitative estimate of drug-likeness (QED) is 0.188. The van der Waals surface area contributed by atoms with Crippen LogP contribution in [0.1, 0.15) is 49.1 Å². The molecule has 1 aromatic heterocycles. The van der Waals surface area contributed by atoms with E-state index < -0.39 is 17.6 Å². The van der Waals surface area contributed by atoms with Crippen LogP contribution in [0.5, 0.6) is 0 Å². The number of hydrogen-bond donors (Lipinski definition) is 2. The monoisotopic (exact) mass is 495 g/mol. The van der Waals surface area contributed by atoms with Gasteiger partial charge in [0.25, 0.3) is 0 Å². The molecule has 1 aliphatic heterocycles. The smallest absolute Gasteiger partial charge is 0.416 e. The predicted octanol–water partition coefficient (Wildman–Crippen LogP) is 4.25. The van der Waals surface area contributed by atoms with E-state index >= 15 is 0 Å². The number of aromatic nitrogens is 3. The van der Waals surface area contributed by atoms with E-state index in [1.54, 1.807) is 30.3 Å². The second-order valence-corrected chi connectivity index (χ2v) is 10.1. The van der Waals surface area contributed by atoms with E-state index in [2.05, 4.69) is 20.3 Å². The van der Waals surface area contributed by atoms with Crippen molar-refractivity contribution in [2.45, 2.75) is 43.4 Å². The lowest BCUT2D eigenvalue weighted by atomic mass is 9.97. The zero-order valence-corrected chi connectivity index (χ0v) is 19.8. The Hall–Kier alpha value is -2.21. The third kappa shape index (κ3) is 4.93. The van der Waals surface area contributed by atoms with E-state index in [1.807, 2.05) is 0 Å². The van der Waals surface area contributed by atoms with Crippen molar-refractivity contribution in [1.29, 1.82) is 0 Å². The molecule has 1 spiro atoms. The lowest BCUT2D eigenvalue weighted by Crippen LogP contribution is -2.23. The second kappa shape index (κ2) is 9.45. The summed E-state index contributed by atoms with van der Waals surface area (Å²) in [7, 11) is 7.10. The van der Waals surface area contributed by atoms with Gasteiger partial charge in [-0.2, -0.15) is 13.2 Å². The van der Waals surface area contributed by atoms with E-state index in [1.165, 1.54) is 6.07 Å². The van der Waals surface area contributed by atoms with Gasteiger partial charge in [0.15, 0.2) is 10.9 Å². The van der Waals surface area contributed by atoms with E-state index in [0.29, 0.717) is 28.3 Å². The number of benzene rings is 1. The lowest BCUT2D eigenvalue weighted by Gasteiger charge is -2.16. The molecule has 2 N–H and O–H groups in total. The Morgan fingerprint density at radius 3 is 2.79 bits per heavy atom. The normalized spacial score (nSPS) is 23.4. The van der Waals surface area contributed by atoms with Crippen LogP contribution in [0.4, 0.5) is 17.6 Å². The molecule has 1 aliphatic carbocycles. The summed E-state index contributed by atoms with van der Waals surface area (Å²) in [6, 6.07) is 2.91. The van der Waals surface area contributed by atoms with Crippen LogP contribution in [-0.2, 0) is 13.2 Å². The summed E-state index contributed by atoms with van der Waals surface area (Å²) in [5, 5.41) is 21.4. The Morgan fingerprint density at radius 1 is 1.35 bits per heavy atom. The standard InChI is InChI=1S/C22H26BF4N5OS/c1-13(28-23)18(33)19-29-30-20(31(19)2)34-9-3-7-32-8-6-21(12-32)11-16(21)15-5-4-14(10-17(15)24)22(25,26)27/h4-5,10,16,28,33H,3,6-9,11-12H2,1-2H3/b18-13-. The molecule has 6 nitrogen and oxygen atoms in total. The van der Waals surface area contributed by atoms with Gasteiger partial charge in [0.1, 0.15) is 5.82 Å². The molecule has 2 aliphatic rings. The minimum Gasteiger partial charge on any atom is -0.503 e. The molecule has 0 amide bonds. The SMILES string of the molecule is [B]N/C(C)=C(\O)c1nnc(SCCCN2CCC3(CC3c3ccc(C(F)(F)F)cc3F)C2)n1C. The van der Waals surface area contributed by atoms with E-state index in [0.717, 1.165) is 50.7 Å². The summed E-state index contributed by atoms with van der Waals surface area (Å²) in [6.45, 7) is 4.25. The molecule has 0 bridgehead atoms. The van der Waals surface area contributed by atoms with Gasteiger partial charge in [-0.1, -0.05) is 17.8 Å². The average molecular weight is 495 g/mol. The first-order valence-corrected chi connectivity index (χ1v) is 12.0. The van der Waals surface area contributed by atoms with Crippen LogP contribution in [0.2, 0.25) is 0 Å². The van der Waals surface area contributed by atoms with E-state index in [-0.39, 0.29) is 17.1 Å². The number of alkyl halides is 3. The summed E-state index contributed by atoms with van der Waals surface area (Å²) in [6.07, 6.45) is -1.88. The molecule has 2 heterocycles.